The Morgan fingerprint density at radius 3 is 2.69 bits per heavy atom. The zero-order valence-corrected chi connectivity index (χ0v) is 20.8. The fraction of sp³-hybridized carbons (Fsp3) is 0.379. The number of aromatic nitrogens is 1. The average molecular weight is 489 g/mol. The number of rotatable bonds is 9. The van der Waals surface area contributed by atoms with E-state index in [0.29, 0.717) is 12.8 Å². The number of ether oxygens (including phenoxy) is 3. The molecule has 0 unspecified atom stereocenters. The van der Waals surface area contributed by atoms with Crippen molar-refractivity contribution in [3.8, 4) is 28.4 Å². The Labute approximate surface area is 211 Å². The number of fused-ring (bicyclic) bond motifs is 4. The Morgan fingerprint density at radius 2 is 1.86 bits per heavy atom. The number of esters is 1. The lowest BCUT2D eigenvalue weighted by Gasteiger charge is -2.21. The standard InChI is InChI=1S/C29H32N2O5/c1-3-4-9-24(29(33)34-2)30-27(32)15-13-21-16-20-11-10-19-7-5-6-8-23(19)28(20)31(21)22-12-14-25-26(17-22)36-18-35-25/h5-8,12,14,16-17,24H,3-4,9-11,13,15,18H2,1-2H3,(H,30,32)/t24-/m1/s1. The van der Waals surface area contributed by atoms with Crippen molar-refractivity contribution in [3.63, 3.8) is 0 Å². The van der Waals surface area contributed by atoms with E-state index in [1.54, 1.807) is 0 Å². The van der Waals surface area contributed by atoms with Crippen LogP contribution in [0.15, 0.2) is 48.5 Å². The maximum atomic E-state index is 12.9. The first-order valence-corrected chi connectivity index (χ1v) is 12.7. The molecule has 2 heterocycles. The summed E-state index contributed by atoms with van der Waals surface area (Å²) in [5.41, 5.74) is 7.01. The SMILES string of the molecule is CCCC[C@@H](NC(=O)CCc1cc2c(n1-c1ccc3c(c1)OCO3)-c1ccccc1CC2)C(=O)OC. The van der Waals surface area contributed by atoms with Crippen LogP contribution in [0.25, 0.3) is 16.9 Å². The molecule has 2 aromatic carbocycles. The van der Waals surface area contributed by atoms with Crippen molar-refractivity contribution in [3.05, 3.63) is 65.4 Å². The predicted octanol–water partition coefficient (Wildman–Crippen LogP) is 4.75. The van der Waals surface area contributed by atoms with Crippen LogP contribution in [0.3, 0.4) is 0 Å². The first-order valence-electron chi connectivity index (χ1n) is 12.7. The monoisotopic (exact) mass is 488 g/mol. The van der Waals surface area contributed by atoms with E-state index in [-0.39, 0.29) is 19.1 Å². The molecule has 1 atom stereocenters. The number of hydrogen-bond acceptors (Lipinski definition) is 5. The molecule has 3 aromatic rings. The van der Waals surface area contributed by atoms with Gasteiger partial charge >= 0.3 is 5.97 Å². The molecular formula is C29H32N2O5. The minimum atomic E-state index is -0.608. The molecule has 0 radical (unpaired) electrons. The second-order valence-electron chi connectivity index (χ2n) is 9.33. The summed E-state index contributed by atoms with van der Waals surface area (Å²) in [6.45, 7) is 2.28. The maximum Gasteiger partial charge on any atom is 0.328 e. The molecule has 0 fully saturated rings. The second kappa shape index (κ2) is 10.5. The van der Waals surface area contributed by atoms with Crippen LogP contribution in [0, 0.1) is 0 Å². The zero-order chi connectivity index (χ0) is 25.1. The van der Waals surface area contributed by atoms with E-state index in [0.717, 1.165) is 48.6 Å². The van der Waals surface area contributed by atoms with Gasteiger partial charge in [0.05, 0.1) is 12.8 Å². The molecule has 1 N–H and O–H groups in total. The molecule has 188 valence electrons. The molecular weight excluding hydrogens is 456 g/mol. The molecule has 0 bridgehead atoms. The lowest BCUT2D eigenvalue weighted by molar-refractivity contribution is -0.145. The number of nitrogens with one attached hydrogen (secondary N) is 1. The fourth-order valence-electron chi connectivity index (χ4n) is 5.15. The molecule has 0 saturated heterocycles. The van der Waals surface area contributed by atoms with Crippen molar-refractivity contribution in [2.24, 2.45) is 0 Å². The minimum Gasteiger partial charge on any atom is -0.467 e. The van der Waals surface area contributed by atoms with E-state index in [1.165, 1.54) is 29.5 Å². The van der Waals surface area contributed by atoms with Crippen LogP contribution in [-0.2, 0) is 33.6 Å². The number of methoxy groups -OCH3 is 1. The van der Waals surface area contributed by atoms with E-state index in [1.807, 2.05) is 18.2 Å². The molecule has 5 rings (SSSR count). The summed E-state index contributed by atoms with van der Waals surface area (Å²) in [6.07, 6.45) is 5.12. The van der Waals surface area contributed by atoms with Crippen molar-refractivity contribution in [1.29, 1.82) is 0 Å². The van der Waals surface area contributed by atoms with E-state index in [9.17, 15) is 9.59 Å². The van der Waals surface area contributed by atoms with Crippen LogP contribution < -0.4 is 14.8 Å². The van der Waals surface area contributed by atoms with Gasteiger partial charge < -0.3 is 24.1 Å². The first kappa shape index (κ1) is 24.0. The third kappa shape index (κ3) is 4.70. The van der Waals surface area contributed by atoms with Crippen molar-refractivity contribution in [2.75, 3.05) is 13.9 Å². The summed E-state index contributed by atoms with van der Waals surface area (Å²) in [4.78, 5) is 25.0. The van der Waals surface area contributed by atoms with E-state index in [2.05, 4.69) is 47.1 Å². The van der Waals surface area contributed by atoms with E-state index in [4.69, 9.17) is 14.2 Å². The van der Waals surface area contributed by atoms with Crippen molar-refractivity contribution in [2.45, 2.75) is 57.9 Å². The van der Waals surface area contributed by atoms with Crippen LogP contribution in [0.4, 0.5) is 0 Å². The maximum absolute atomic E-state index is 12.9. The number of amides is 1. The minimum absolute atomic E-state index is 0.154. The van der Waals surface area contributed by atoms with Gasteiger partial charge in [0.25, 0.3) is 0 Å². The summed E-state index contributed by atoms with van der Waals surface area (Å²) >= 11 is 0. The van der Waals surface area contributed by atoms with Crippen LogP contribution in [-0.4, -0.2) is 36.4 Å². The quantitative estimate of drug-likeness (QED) is 0.440. The van der Waals surface area contributed by atoms with Crippen LogP contribution in [0.1, 0.15) is 49.4 Å². The van der Waals surface area contributed by atoms with Gasteiger partial charge in [0.2, 0.25) is 12.7 Å². The molecule has 36 heavy (non-hydrogen) atoms. The summed E-state index contributed by atoms with van der Waals surface area (Å²) < 4.78 is 18.3. The second-order valence-corrected chi connectivity index (χ2v) is 9.33. The van der Waals surface area contributed by atoms with Gasteiger partial charge in [-0.1, -0.05) is 44.0 Å². The third-order valence-electron chi connectivity index (χ3n) is 6.98. The van der Waals surface area contributed by atoms with Gasteiger partial charge in [-0.2, -0.15) is 0 Å². The fourth-order valence-corrected chi connectivity index (χ4v) is 5.15. The molecule has 1 aliphatic heterocycles. The number of carbonyl (C=O) groups excluding carboxylic acids is 2. The van der Waals surface area contributed by atoms with Crippen LogP contribution >= 0.6 is 0 Å². The Kier molecular flexibility index (Phi) is 6.98. The smallest absolute Gasteiger partial charge is 0.328 e. The number of nitrogens with zero attached hydrogens (tertiary/aromatic N) is 1. The molecule has 7 heteroatoms. The number of unbranched alkanes of at least 4 members (excludes halogenated alkanes) is 1. The Hall–Kier alpha value is -3.74. The Bertz CT molecular complexity index is 1280. The normalized spacial score (nSPS) is 14.1. The summed E-state index contributed by atoms with van der Waals surface area (Å²) in [7, 11) is 1.36. The molecule has 2 aliphatic rings. The first-order chi connectivity index (χ1) is 17.6. The highest BCUT2D eigenvalue weighted by molar-refractivity contribution is 5.84. The zero-order valence-electron chi connectivity index (χ0n) is 20.8. The van der Waals surface area contributed by atoms with Crippen molar-refractivity contribution >= 4 is 11.9 Å². The number of hydrogen-bond donors (Lipinski definition) is 1. The molecule has 0 saturated carbocycles. The van der Waals surface area contributed by atoms with Crippen LogP contribution in [0.5, 0.6) is 11.5 Å². The van der Waals surface area contributed by atoms with E-state index < -0.39 is 12.0 Å². The number of benzene rings is 2. The Morgan fingerprint density at radius 1 is 1.06 bits per heavy atom. The summed E-state index contributed by atoms with van der Waals surface area (Å²) in [5, 5.41) is 2.88. The number of aryl methyl sites for hydroxylation is 3. The van der Waals surface area contributed by atoms with Gasteiger partial charge in [0.15, 0.2) is 11.5 Å². The molecule has 0 spiro atoms. The lowest BCUT2D eigenvalue weighted by atomic mass is 9.90. The van der Waals surface area contributed by atoms with Crippen LogP contribution in [0.2, 0.25) is 0 Å². The predicted molar refractivity (Wildman–Crippen MR) is 137 cm³/mol. The highest BCUT2D eigenvalue weighted by Crippen LogP contribution is 2.40. The summed E-state index contributed by atoms with van der Waals surface area (Å²) in [6, 6.07) is 16.1. The highest BCUT2D eigenvalue weighted by atomic mass is 16.7. The summed E-state index contributed by atoms with van der Waals surface area (Å²) in [5.74, 6) is 0.910. The lowest BCUT2D eigenvalue weighted by Crippen LogP contribution is -2.41. The van der Waals surface area contributed by atoms with Crippen molar-refractivity contribution < 1.29 is 23.8 Å². The van der Waals surface area contributed by atoms with Gasteiger partial charge in [0.1, 0.15) is 6.04 Å². The molecule has 1 aliphatic carbocycles. The van der Waals surface area contributed by atoms with Gasteiger partial charge in [0, 0.05) is 29.4 Å². The van der Waals surface area contributed by atoms with Gasteiger partial charge in [-0.3, -0.25) is 4.79 Å². The van der Waals surface area contributed by atoms with Gasteiger partial charge in [-0.05, 0) is 55.0 Å². The topological polar surface area (TPSA) is 78.8 Å². The Balaban J connectivity index is 1.45. The average Bonchev–Trinajstić information content (AvgIpc) is 3.53. The van der Waals surface area contributed by atoms with Gasteiger partial charge in [-0.15, -0.1) is 0 Å². The molecule has 7 nitrogen and oxygen atoms in total. The third-order valence-corrected chi connectivity index (χ3v) is 6.98. The molecule has 1 amide bonds. The van der Waals surface area contributed by atoms with E-state index >= 15 is 0 Å². The van der Waals surface area contributed by atoms with Gasteiger partial charge in [-0.25, -0.2) is 4.79 Å². The molecule has 1 aromatic heterocycles. The van der Waals surface area contributed by atoms with Crippen molar-refractivity contribution in [1.82, 2.24) is 9.88 Å². The highest BCUT2D eigenvalue weighted by Gasteiger charge is 2.26. The largest absolute Gasteiger partial charge is 0.467 e. The number of carbonyl (C=O) groups is 2.